The van der Waals surface area contributed by atoms with Crippen LogP contribution < -0.4 is 0 Å². The minimum Gasteiger partial charge on any atom is -0.338 e. The van der Waals surface area contributed by atoms with Gasteiger partial charge in [0.05, 0.1) is 5.52 Å². The number of benzene rings is 2. The Hall–Kier alpha value is -1.28. The minimum atomic E-state index is 0.515. The second-order valence-corrected chi connectivity index (χ2v) is 5.63. The molecule has 0 saturated heterocycles. The van der Waals surface area contributed by atoms with Crippen LogP contribution in [0.15, 0.2) is 46.9 Å². The molecule has 1 unspecified atom stereocenters. The molecule has 1 nitrogen and oxygen atoms in total. The van der Waals surface area contributed by atoms with Crippen LogP contribution in [0.4, 0.5) is 0 Å². The standard InChI is InChI=1S/C16H16BrN/c1-3-11(2)18-14-9-5-4-7-12(14)16-13(17)8-6-10-15(16)18/h4-11H,3H2,1-2H3. The van der Waals surface area contributed by atoms with E-state index in [4.69, 9.17) is 0 Å². The fourth-order valence-corrected chi connectivity index (χ4v) is 3.23. The second-order valence-electron chi connectivity index (χ2n) is 4.78. The normalized spacial score (nSPS) is 13.3. The summed E-state index contributed by atoms with van der Waals surface area (Å²) in [6.45, 7) is 4.52. The van der Waals surface area contributed by atoms with Crippen LogP contribution in [-0.2, 0) is 0 Å². The molecule has 0 aliphatic carbocycles. The smallest absolute Gasteiger partial charge is 0.0505 e. The van der Waals surface area contributed by atoms with E-state index in [0.29, 0.717) is 6.04 Å². The summed E-state index contributed by atoms with van der Waals surface area (Å²) in [5, 5.41) is 2.66. The molecule has 3 aromatic rings. The van der Waals surface area contributed by atoms with E-state index in [1.807, 2.05) is 0 Å². The SMILES string of the molecule is CCC(C)n1c2ccccc2c2c(Br)cccc21. The first-order valence-corrected chi connectivity index (χ1v) is 7.20. The largest absolute Gasteiger partial charge is 0.338 e. The number of hydrogen-bond donors (Lipinski definition) is 0. The van der Waals surface area contributed by atoms with Crippen LogP contribution >= 0.6 is 15.9 Å². The van der Waals surface area contributed by atoms with Gasteiger partial charge >= 0.3 is 0 Å². The number of nitrogens with zero attached hydrogens (tertiary/aromatic N) is 1. The summed E-state index contributed by atoms with van der Waals surface area (Å²) in [7, 11) is 0. The Morgan fingerprint density at radius 1 is 1.06 bits per heavy atom. The van der Waals surface area contributed by atoms with Gasteiger partial charge in [-0.3, -0.25) is 0 Å². The Labute approximate surface area is 116 Å². The molecule has 2 heteroatoms. The fourth-order valence-electron chi connectivity index (χ4n) is 2.66. The van der Waals surface area contributed by atoms with Gasteiger partial charge in [-0.05, 0) is 31.5 Å². The zero-order valence-corrected chi connectivity index (χ0v) is 12.2. The molecule has 0 aliphatic rings. The summed E-state index contributed by atoms with van der Waals surface area (Å²) in [4.78, 5) is 0. The third-order valence-corrected chi connectivity index (χ3v) is 4.38. The summed E-state index contributed by atoms with van der Waals surface area (Å²) >= 11 is 3.69. The molecule has 92 valence electrons. The van der Waals surface area contributed by atoms with Gasteiger partial charge in [-0.1, -0.05) is 47.1 Å². The molecule has 1 aromatic heterocycles. The van der Waals surface area contributed by atoms with Crippen molar-refractivity contribution >= 4 is 37.7 Å². The number of aromatic nitrogens is 1. The van der Waals surface area contributed by atoms with E-state index in [2.05, 4.69) is 76.8 Å². The molecule has 0 bridgehead atoms. The van der Waals surface area contributed by atoms with E-state index in [9.17, 15) is 0 Å². The highest BCUT2D eigenvalue weighted by atomic mass is 79.9. The van der Waals surface area contributed by atoms with Gasteiger partial charge in [0.25, 0.3) is 0 Å². The number of halogens is 1. The van der Waals surface area contributed by atoms with Crippen LogP contribution in [0.5, 0.6) is 0 Å². The molecule has 0 saturated carbocycles. The molecule has 2 aromatic carbocycles. The van der Waals surface area contributed by atoms with Crippen molar-refractivity contribution in [2.75, 3.05) is 0 Å². The Morgan fingerprint density at radius 3 is 2.56 bits per heavy atom. The Balaban J connectivity index is 2.54. The first kappa shape index (κ1) is 11.8. The van der Waals surface area contributed by atoms with Crippen LogP contribution in [0.3, 0.4) is 0 Å². The van der Waals surface area contributed by atoms with Crippen LogP contribution in [-0.4, -0.2) is 4.57 Å². The third-order valence-electron chi connectivity index (χ3n) is 3.72. The van der Waals surface area contributed by atoms with Crippen molar-refractivity contribution in [2.24, 2.45) is 0 Å². The highest BCUT2D eigenvalue weighted by molar-refractivity contribution is 9.10. The average molecular weight is 302 g/mol. The lowest BCUT2D eigenvalue weighted by atomic mass is 10.2. The van der Waals surface area contributed by atoms with E-state index in [0.717, 1.165) is 6.42 Å². The highest BCUT2D eigenvalue weighted by Gasteiger charge is 2.14. The van der Waals surface area contributed by atoms with Gasteiger partial charge in [-0.2, -0.15) is 0 Å². The number of fused-ring (bicyclic) bond motifs is 3. The van der Waals surface area contributed by atoms with Gasteiger partial charge in [0, 0.05) is 26.8 Å². The van der Waals surface area contributed by atoms with E-state index in [-0.39, 0.29) is 0 Å². The number of hydrogen-bond acceptors (Lipinski definition) is 0. The maximum Gasteiger partial charge on any atom is 0.0505 e. The lowest BCUT2D eigenvalue weighted by molar-refractivity contribution is 0.563. The maximum absolute atomic E-state index is 3.69. The molecule has 1 atom stereocenters. The molecule has 1 heterocycles. The van der Waals surface area contributed by atoms with E-state index >= 15 is 0 Å². The number of rotatable bonds is 2. The first-order chi connectivity index (χ1) is 8.74. The van der Waals surface area contributed by atoms with Gasteiger partial charge in [-0.25, -0.2) is 0 Å². The van der Waals surface area contributed by atoms with Crippen molar-refractivity contribution < 1.29 is 0 Å². The molecular weight excluding hydrogens is 286 g/mol. The van der Waals surface area contributed by atoms with Gasteiger partial charge < -0.3 is 4.57 Å². The second kappa shape index (κ2) is 4.43. The van der Waals surface area contributed by atoms with E-state index < -0.39 is 0 Å². The summed E-state index contributed by atoms with van der Waals surface area (Å²) in [6.07, 6.45) is 1.14. The monoisotopic (exact) mass is 301 g/mol. The van der Waals surface area contributed by atoms with Crippen LogP contribution in [0.25, 0.3) is 21.8 Å². The molecule has 0 spiro atoms. The topological polar surface area (TPSA) is 4.93 Å². The third kappa shape index (κ3) is 1.59. The van der Waals surface area contributed by atoms with Gasteiger partial charge in [0.15, 0.2) is 0 Å². The molecule has 18 heavy (non-hydrogen) atoms. The van der Waals surface area contributed by atoms with Crippen molar-refractivity contribution in [1.82, 2.24) is 4.57 Å². The number of para-hydroxylation sites is 1. The Morgan fingerprint density at radius 2 is 1.78 bits per heavy atom. The van der Waals surface area contributed by atoms with Gasteiger partial charge in [-0.15, -0.1) is 0 Å². The van der Waals surface area contributed by atoms with Crippen LogP contribution in [0.2, 0.25) is 0 Å². The lowest BCUT2D eigenvalue weighted by Gasteiger charge is -2.14. The zero-order chi connectivity index (χ0) is 12.7. The van der Waals surface area contributed by atoms with Crippen molar-refractivity contribution in [3.8, 4) is 0 Å². The minimum absolute atomic E-state index is 0.515. The Kier molecular flexibility index (Phi) is 2.90. The molecule has 3 rings (SSSR count). The molecule has 0 radical (unpaired) electrons. The molecular formula is C16H16BrN. The fraction of sp³-hybridized carbons (Fsp3) is 0.250. The molecule has 0 amide bonds. The first-order valence-electron chi connectivity index (χ1n) is 6.41. The highest BCUT2D eigenvalue weighted by Crippen LogP contribution is 2.36. The van der Waals surface area contributed by atoms with Gasteiger partial charge in [0.1, 0.15) is 0 Å². The average Bonchev–Trinajstić information content (AvgIpc) is 2.73. The molecule has 0 aliphatic heterocycles. The summed E-state index contributed by atoms with van der Waals surface area (Å²) in [5.74, 6) is 0. The quantitative estimate of drug-likeness (QED) is 0.586. The maximum atomic E-state index is 3.69. The van der Waals surface area contributed by atoms with Crippen molar-refractivity contribution in [1.29, 1.82) is 0 Å². The van der Waals surface area contributed by atoms with Gasteiger partial charge in [0.2, 0.25) is 0 Å². The van der Waals surface area contributed by atoms with Crippen molar-refractivity contribution in [2.45, 2.75) is 26.3 Å². The summed E-state index contributed by atoms with van der Waals surface area (Å²) < 4.78 is 3.63. The van der Waals surface area contributed by atoms with E-state index in [1.165, 1.54) is 26.3 Å². The van der Waals surface area contributed by atoms with Crippen molar-refractivity contribution in [3.05, 3.63) is 46.9 Å². The Bertz CT molecular complexity index is 712. The van der Waals surface area contributed by atoms with Crippen molar-refractivity contribution in [3.63, 3.8) is 0 Å². The van der Waals surface area contributed by atoms with Crippen LogP contribution in [0.1, 0.15) is 26.3 Å². The summed E-state index contributed by atoms with van der Waals surface area (Å²) in [5.41, 5.74) is 2.65. The molecule has 0 fully saturated rings. The summed E-state index contributed by atoms with van der Waals surface area (Å²) in [6, 6.07) is 15.6. The van der Waals surface area contributed by atoms with Crippen LogP contribution in [0, 0.1) is 0 Å². The van der Waals surface area contributed by atoms with E-state index in [1.54, 1.807) is 0 Å². The lowest BCUT2D eigenvalue weighted by Crippen LogP contribution is -2.02. The zero-order valence-electron chi connectivity index (χ0n) is 10.7. The predicted octanol–water partition coefficient (Wildman–Crippen LogP) is 5.53. The molecule has 0 N–H and O–H groups in total. The predicted molar refractivity (Wildman–Crippen MR) is 82.1 cm³/mol.